The third-order valence-corrected chi connectivity index (χ3v) is 4.21. The molecule has 2 aliphatic rings. The van der Waals surface area contributed by atoms with E-state index < -0.39 is 10.2 Å². The molecule has 12 heavy (non-hydrogen) atoms. The number of hydrogen-bond donors (Lipinski definition) is 1. The van der Waals surface area contributed by atoms with Crippen LogP contribution in [0.5, 0.6) is 0 Å². The van der Waals surface area contributed by atoms with E-state index in [-0.39, 0.29) is 0 Å². The quantitative estimate of drug-likeness (QED) is 0.635. The molecule has 0 bridgehead atoms. The van der Waals surface area contributed by atoms with Crippen molar-refractivity contribution in [3.05, 3.63) is 0 Å². The predicted molar refractivity (Wildman–Crippen MR) is 45.6 cm³/mol. The molecular formula is C7H14N2O2S. The van der Waals surface area contributed by atoms with Crippen LogP contribution in [0.2, 0.25) is 0 Å². The van der Waals surface area contributed by atoms with Crippen LogP contribution in [-0.4, -0.2) is 25.8 Å². The molecule has 4 nitrogen and oxygen atoms in total. The van der Waals surface area contributed by atoms with Gasteiger partial charge in [-0.25, -0.2) is 5.14 Å². The molecule has 1 aliphatic carbocycles. The zero-order valence-corrected chi connectivity index (χ0v) is 7.81. The van der Waals surface area contributed by atoms with E-state index in [9.17, 15) is 8.42 Å². The van der Waals surface area contributed by atoms with Gasteiger partial charge in [-0.2, -0.15) is 12.7 Å². The van der Waals surface area contributed by atoms with E-state index in [0.717, 1.165) is 6.42 Å². The van der Waals surface area contributed by atoms with Crippen molar-refractivity contribution in [3.63, 3.8) is 0 Å². The first-order valence-corrected chi connectivity index (χ1v) is 5.80. The summed E-state index contributed by atoms with van der Waals surface area (Å²) in [7, 11) is -3.42. The summed E-state index contributed by atoms with van der Waals surface area (Å²) in [4.78, 5) is 0. The van der Waals surface area contributed by atoms with Gasteiger partial charge >= 0.3 is 0 Å². The summed E-state index contributed by atoms with van der Waals surface area (Å²) in [5.41, 5.74) is 0.312. The average molecular weight is 190 g/mol. The molecule has 2 N–H and O–H groups in total. The van der Waals surface area contributed by atoms with E-state index in [1.54, 1.807) is 0 Å². The highest BCUT2D eigenvalue weighted by Crippen LogP contribution is 2.48. The lowest BCUT2D eigenvalue weighted by atomic mass is 9.68. The Morgan fingerprint density at radius 3 is 2.17 bits per heavy atom. The minimum absolute atomic E-state index is 0.312. The minimum atomic E-state index is -3.42. The van der Waals surface area contributed by atoms with Crippen LogP contribution < -0.4 is 5.14 Å². The first-order valence-electron chi connectivity index (χ1n) is 4.30. The Kier molecular flexibility index (Phi) is 1.72. The van der Waals surface area contributed by atoms with Gasteiger partial charge in [-0.3, -0.25) is 0 Å². The van der Waals surface area contributed by atoms with Gasteiger partial charge in [0, 0.05) is 13.1 Å². The molecule has 0 atom stereocenters. The first-order chi connectivity index (χ1) is 5.52. The van der Waals surface area contributed by atoms with Gasteiger partial charge in [-0.1, -0.05) is 6.42 Å². The van der Waals surface area contributed by atoms with Gasteiger partial charge in [0.15, 0.2) is 0 Å². The van der Waals surface area contributed by atoms with Crippen molar-refractivity contribution in [2.45, 2.75) is 25.7 Å². The zero-order chi connectivity index (χ0) is 8.82. The van der Waals surface area contributed by atoms with E-state index in [1.807, 2.05) is 0 Å². The Morgan fingerprint density at radius 2 is 1.92 bits per heavy atom. The van der Waals surface area contributed by atoms with Crippen LogP contribution in [0.1, 0.15) is 25.7 Å². The second kappa shape index (κ2) is 2.43. The second-order valence-electron chi connectivity index (χ2n) is 3.98. The van der Waals surface area contributed by atoms with Crippen LogP contribution in [0.25, 0.3) is 0 Å². The summed E-state index contributed by atoms with van der Waals surface area (Å²) >= 11 is 0. The van der Waals surface area contributed by atoms with E-state index in [0.29, 0.717) is 18.5 Å². The highest BCUT2D eigenvalue weighted by atomic mass is 32.2. The molecule has 0 amide bonds. The Bertz CT molecular complexity index is 282. The lowest BCUT2D eigenvalue weighted by molar-refractivity contribution is 0.153. The highest BCUT2D eigenvalue weighted by molar-refractivity contribution is 7.86. The average Bonchev–Trinajstić information content (AvgIpc) is 2.26. The normalized spacial score (nSPS) is 29.1. The fraction of sp³-hybridized carbons (Fsp3) is 1.00. The van der Waals surface area contributed by atoms with E-state index in [2.05, 4.69) is 0 Å². The van der Waals surface area contributed by atoms with Crippen molar-refractivity contribution in [2.24, 2.45) is 10.6 Å². The highest BCUT2D eigenvalue weighted by Gasteiger charge is 2.45. The summed E-state index contributed by atoms with van der Waals surface area (Å²) in [6.07, 6.45) is 4.61. The second-order valence-corrected chi connectivity index (χ2v) is 5.53. The van der Waals surface area contributed by atoms with Crippen LogP contribution in [0, 0.1) is 5.41 Å². The maximum absolute atomic E-state index is 11.0. The molecule has 0 aromatic rings. The first kappa shape index (κ1) is 8.47. The van der Waals surface area contributed by atoms with Crippen molar-refractivity contribution in [3.8, 4) is 0 Å². The molecule has 2 fully saturated rings. The smallest absolute Gasteiger partial charge is 0.216 e. The summed E-state index contributed by atoms with van der Waals surface area (Å²) in [6, 6.07) is 0. The number of hydrogen-bond acceptors (Lipinski definition) is 2. The van der Waals surface area contributed by atoms with Crippen LogP contribution in [0.15, 0.2) is 0 Å². The monoisotopic (exact) mass is 190 g/mol. The van der Waals surface area contributed by atoms with Gasteiger partial charge in [0.25, 0.3) is 10.2 Å². The van der Waals surface area contributed by atoms with Gasteiger partial charge in [0.1, 0.15) is 0 Å². The third kappa shape index (κ3) is 1.26. The topological polar surface area (TPSA) is 63.4 Å². The van der Waals surface area contributed by atoms with Gasteiger partial charge in [-0.05, 0) is 24.7 Å². The van der Waals surface area contributed by atoms with Gasteiger partial charge < -0.3 is 0 Å². The van der Waals surface area contributed by atoms with Gasteiger partial charge in [0.05, 0.1) is 0 Å². The minimum Gasteiger partial charge on any atom is -0.216 e. The Balaban J connectivity index is 2.08. The van der Waals surface area contributed by atoms with Crippen molar-refractivity contribution in [1.82, 2.24) is 4.31 Å². The number of rotatable bonds is 1. The molecule has 1 heterocycles. The van der Waals surface area contributed by atoms with E-state index >= 15 is 0 Å². The molecule has 0 aromatic carbocycles. The number of nitrogens with zero attached hydrogens (tertiary/aromatic N) is 1. The number of nitrogens with two attached hydrogens (primary N) is 1. The van der Waals surface area contributed by atoms with Crippen molar-refractivity contribution in [1.29, 1.82) is 0 Å². The van der Waals surface area contributed by atoms with Crippen LogP contribution in [0.3, 0.4) is 0 Å². The van der Waals surface area contributed by atoms with Gasteiger partial charge in [-0.15, -0.1) is 0 Å². The summed E-state index contributed by atoms with van der Waals surface area (Å²) in [6.45, 7) is 1.28. The molecule has 1 aliphatic heterocycles. The molecule has 0 radical (unpaired) electrons. The molecule has 1 spiro atoms. The van der Waals surface area contributed by atoms with Crippen molar-refractivity contribution in [2.75, 3.05) is 13.1 Å². The Morgan fingerprint density at radius 1 is 1.25 bits per heavy atom. The Labute approximate surface area is 72.9 Å². The van der Waals surface area contributed by atoms with Crippen molar-refractivity contribution < 1.29 is 8.42 Å². The largest absolute Gasteiger partial charge is 0.276 e. The SMILES string of the molecule is NS(=O)(=O)N1CCC2(CCC2)C1. The summed E-state index contributed by atoms with van der Waals surface area (Å²) in [5, 5.41) is 5.04. The molecule has 2 rings (SSSR count). The summed E-state index contributed by atoms with van der Waals surface area (Å²) < 4.78 is 23.3. The fourth-order valence-corrected chi connectivity index (χ4v) is 3.00. The van der Waals surface area contributed by atoms with Crippen molar-refractivity contribution >= 4 is 10.2 Å². The molecule has 1 saturated heterocycles. The standard InChI is InChI=1S/C7H14N2O2S/c8-12(10,11)9-5-4-7(6-9)2-1-3-7/h1-6H2,(H2,8,10,11). The lowest BCUT2D eigenvalue weighted by Gasteiger charge is -2.37. The van der Waals surface area contributed by atoms with Crippen LogP contribution in [0.4, 0.5) is 0 Å². The molecule has 5 heteroatoms. The third-order valence-electron chi connectivity index (χ3n) is 3.18. The molecule has 70 valence electrons. The Hall–Kier alpha value is -0.130. The molecule has 0 aromatic heterocycles. The van der Waals surface area contributed by atoms with E-state index in [1.165, 1.54) is 23.6 Å². The fourth-order valence-electron chi connectivity index (χ4n) is 2.20. The molecule has 1 saturated carbocycles. The summed E-state index contributed by atoms with van der Waals surface area (Å²) in [5.74, 6) is 0. The zero-order valence-electron chi connectivity index (χ0n) is 6.99. The maximum atomic E-state index is 11.0. The maximum Gasteiger partial charge on any atom is 0.276 e. The lowest BCUT2D eigenvalue weighted by Crippen LogP contribution is -2.38. The molecular weight excluding hydrogens is 176 g/mol. The van der Waals surface area contributed by atoms with Crippen LogP contribution in [-0.2, 0) is 10.2 Å². The van der Waals surface area contributed by atoms with E-state index in [4.69, 9.17) is 5.14 Å². The molecule has 0 unspecified atom stereocenters. The van der Waals surface area contributed by atoms with Crippen LogP contribution >= 0.6 is 0 Å². The predicted octanol–water partition coefficient (Wildman–Crippen LogP) is 0.0659. The van der Waals surface area contributed by atoms with Gasteiger partial charge in [0.2, 0.25) is 0 Å².